The molecule has 0 bridgehead atoms. The summed E-state index contributed by atoms with van der Waals surface area (Å²) in [6.45, 7) is -1.38. The summed E-state index contributed by atoms with van der Waals surface area (Å²) in [5.41, 5.74) is 3.94. The molecule has 2 unspecified atom stereocenters. The highest BCUT2D eigenvalue weighted by atomic mass is 19.4. The smallest absolute Gasteiger partial charge is 0.349 e. The quantitative estimate of drug-likeness (QED) is 0.136. The number of carbonyl (C=O) groups excluding carboxylic acids is 2. The summed E-state index contributed by atoms with van der Waals surface area (Å²) in [7, 11) is 0. The molecule has 0 saturated heterocycles. The van der Waals surface area contributed by atoms with Crippen molar-refractivity contribution in [3.63, 3.8) is 0 Å². The zero-order valence-corrected chi connectivity index (χ0v) is 26.2. The van der Waals surface area contributed by atoms with Crippen LogP contribution in [0.4, 0.5) is 13.2 Å². The Hall–Kier alpha value is -4.64. The topological polar surface area (TPSA) is 71.1 Å². The van der Waals surface area contributed by atoms with Crippen molar-refractivity contribution in [2.24, 2.45) is 5.92 Å². The second-order valence-corrected chi connectivity index (χ2v) is 12.7. The molecule has 2 amide bonds. The van der Waals surface area contributed by atoms with Crippen LogP contribution in [0.5, 0.6) is 0 Å². The number of rotatable bonds is 10. The minimum Gasteiger partial charge on any atom is -0.349 e. The van der Waals surface area contributed by atoms with Crippen molar-refractivity contribution in [3.05, 3.63) is 114 Å². The lowest BCUT2D eigenvalue weighted by molar-refractivity contribution is -0.141. The molecule has 1 heterocycles. The third-order valence-electron chi connectivity index (χ3n) is 9.69. The summed E-state index contributed by atoms with van der Waals surface area (Å²) >= 11 is 0. The van der Waals surface area contributed by atoms with Crippen LogP contribution in [-0.4, -0.2) is 35.6 Å². The lowest BCUT2D eigenvalue weighted by atomic mass is 9.73. The largest absolute Gasteiger partial charge is 0.405 e. The summed E-state index contributed by atoms with van der Waals surface area (Å²) in [5, 5.41) is 5.47. The SMILES string of the molecule is O=C(NC1CCC[C@H](CCCCC2(C(=O)NCC(F)(F)F)c3c#cccc3-c3ccccc32)CC1)c1ccccc1-c1ccccn1. The zero-order valence-electron chi connectivity index (χ0n) is 26.2. The van der Waals surface area contributed by atoms with Crippen LogP contribution in [0, 0.1) is 18.1 Å². The molecule has 5 nitrogen and oxygen atoms in total. The van der Waals surface area contributed by atoms with E-state index in [2.05, 4.69) is 27.8 Å². The Morgan fingerprint density at radius 2 is 1.66 bits per heavy atom. The van der Waals surface area contributed by atoms with Gasteiger partial charge in [-0.05, 0) is 78.6 Å². The maximum absolute atomic E-state index is 13.7. The number of benzene rings is 2. The maximum atomic E-state index is 13.7. The molecule has 4 aromatic rings. The number of fused-ring (bicyclic) bond motifs is 3. The number of aromatic nitrogens is 1. The Labute approximate surface area is 274 Å². The molecule has 1 fully saturated rings. The van der Waals surface area contributed by atoms with E-state index in [0.717, 1.165) is 72.9 Å². The van der Waals surface area contributed by atoms with E-state index in [9.17, 15) is 22.8 Å². The van der Waals surface area contributed by atoms with Crippen molar-refractivity contribution in [2.45, 2.75) is 75.4 Å². The molecule has 0 aliphatic heterocycles. The van der Waals surface area contributed by atoms with Gasteiger partial charge in [-0.2, -0.15) is 13.2 Å². The number of halogens is 3. The van der Waals surface area contributed by atoms with Crippen LogP contribution in [0.2, 0.25) is 0 Å². The fraction of sp³-hybridized carbons (Fsp3) is 0.359. The van der Waals surface area contributed by atoms with Crippen LogP contribution >= 0.6 is 0 Å². The van der Waals surface area contributed by atoms with Gasteiger partial charge in [-0.1, -0.05) is 92.8 Å². The van der Waals surface area contributed by atoms with Crippen molar-refractivity contribution < 1.29 is 22.8 Å². The normalized spacial score (nSPS) is 18.3. The lowest BCUT2D eigenvalue weighted by Gasteiger charge is -2.30. The van der Waals surface area contributed by atoms with Crippen molar-refractivity contribution >= 4 is 11.8 Å². The molecule has 1 saturated carbocycles. The van der Waals surface area contributed by atoms with Crippen molar-refractivity contribution in [1.29, 1.82) is 0 Å². The van der Waals surface area contributed by atoms with Crippen LogP contribution < -0.4 is 10.6 Å². The average Bonchev–Trinajstić information content (AvgIpc) is 3.19. The highest BCUT2D eigenvalue weighted by Crippen LogP contribution is 2.51. The summed E-state index contributed by atoms with van der Waals surface area (Å²) in [4.78, 5) is 31.5. The molecule has 0 spiro atoms. The molecule has 2 aliphatic rings. The summed E-state index contributed by atoms with van der Waals surface area (Å²) in [6, 6.07) is 30.4. The van der Waals surface area contributed by atoms with E-state index in [4.69, 9.17) is 0 Å². The van der Waals surface area contributed by atoms with Gasteiger partial charge in [0.25, 0.3) is 5.91 Å². The van der Waals surface area contributed by atoms with E-state index in [1.807, 2.05) is 72.8 Å². The van der Waals surface area contributed by atoms with Gasteiger partial charge in [0, 0.05) is 28.9 Å². The van der Waals surface area contributed by atoms with Gasteiger partial charge in [-0.15, -0.1) is 0 Å². The molecule has 47 heavy (non-hydrogen) atoms. The number of nitrogens with zero attached hydrogens (tertiary/aromatic N) is 1. The van der Waals surface area contributed by atoms with E-state index in [0.29, 0.717) is 29.9 Å². The van der Waals surface area contributed by atoms with Gasteiger partial charge in [0.15, 0.2) is 0 Å². The average molecular weight is 638 g/mol. The summed E-state index contributed by atoms with van der Waals surface area (Å²) in [6.07, 6.45) is 4.93. The van der Waals surface area contributed by atoms with E-state index in [-0.39, 0.29) is 11.9 Å². The predicted molar refractivity (Wildman–Crippen MR) is 175 cm³/mol. The van der Waals surface area contributed by atoms with Crippen LogP contribution in [-0.2, 0) is 10.2 Å². The monoisotopic (exact) mass is 637 g/mol. The zero-order chi connectivity index (χ0) is 32.9. The Kier molecular flexibility index (Phi) is 9.63. The minimum absolute atomic E-state index is 0.0863. The minimum atomic E-state index is -4.51. The predicted octanol–water partition coefficient (Wildman–Crippen LogP) is 8.23. The van der Waals surface area contributed by atoms with E-state index in [1.165, 1.54) is 0 Å². The lowest BCUT2D eigenvalue weighted by Crippen LogP contribution is -2.47. The fourth-order valence-corrected chi connectivity index (χ4v) is 7.44. The molecule has 6 rings (SSSR count). The van der Waals surface area contributed by atoms with Crippen molar-refractivity contribution in [1.82, 2.24) is 15.6 Å². The van der Waals surface area contributed by atoms with Crippen LogP contribution in [0.1, 0.15) is 79.3 Å². The number of carbonyl (C=O) groups is 2. The summed E-state index contributed by atoms with van der Waals surface area (Å²) < 4.78 is 39.5. The van der Waals surface area contributed by atoms with Crippen molar-refractivity contribution in [2.75, 3.05) is 6.54 Å². The maximum Gasteiger partial charge on any atom is 0.405 e. The summed E-state index contributed by atoms with van der Waals surface area (Å²) in [5.74, 6) is -0.250. The van der Waals surface area contributed by atoms with Crippen LogP contribution in [0.25, 0.3) is 22.4 Å². The standard InChI is InChI=1S/C39H38F3N3O2/c40-39(41,42)26-44-37(47)38(33-19-5-3-15-29(33)30-16-4-6-20-34(30)38)24-9-7-12-27-13-11-14-28(23-22-27)45-36(46)32-18-2-1-17-31(32)35-21-8-10-25-43-35/h1-5,8,10,15-19,21,25,27-28H,7,9,11-14,22-24,26H2,(H,44,47)(H,45,46)/t27-,28?,38?/m0/s1. The molecular formula is C39H38F3N3O2. The first-order valence-electron chi connectivity index (χ1n) is 16.5. The van der Waals surface area contributed by atoms with E-state index >= 15 is 0 Å². The molecule has 8 heteroatoms. The molecule has 0 radical (unpaired) electrons. The third-order valence-corrected chi connectivity index (χ3v) is 9.69. The second-order valence-electron chi connectivity index (χ2n) is 12.7. The molecule has 3 aromatic carbocycles. The van der Waals surface area contributed by atoms with Gasteiger partial charge in [-0.3, -0.25) is 14.6 Å². The Morgan fingerprint density at radius 3 is 2.47 bits per heavy atom. The first kappa shape index (κ1) is 32.3. The highest BCUT2D eigenvalue weighted by molar-refractivity contribution is 6.01. The van der Waals surface area contributed by atoms with Crippen molar-refractivity contribution in [3.8, 4) is 22.4 Å². The number of unbranched alkanes of at least 4 members (excludes halogenated alkanes) is 1. The van der Waals surface area contributed by atoms with Gasteiger partial charge >= 0.3 is 6.18 Å². The first-order valence-corrected chi connectivity index (χ1v) is 16.5. The Balaban J connectivity index is 1.08. The van der Waals surface area contributed by atoms with Crippen LogP contribution in [0.3, 0.4) is 0 Å². The second kappa shape index (κ2) is 14.0. The highest BCUT2D eigenvalue weighted by Gasteiger charge is 2.49. The first-order chi connectivity index (χ1) is 22.8. The molecule has 242 valence electrons. The fourth-order valence-electron chi connectivity index (χ4n) is 7.44. The number of pyridine rings is 1. The number of hydrogen-bond acceptors (Lipinski definition) is 3. The molecule has 3 atom stereocenters. The van der Waals surface area contributed by atoms with E-state index < -0.39 is 24.0 Å². The Bertz CT molecular complexity index is 1660. The number of alkyl halides is 3. The van der Waals surface area contributed by atoms with Gasteiger partial charge in [0.1, 0.15) is 12.0 Å². The van der Waals surface area contributed by atoms with Gasteiger partial charge in [-0.25, -0.2) is 0 Å². The molecule has 2 N–H and O–H groups in total. The number of amides is 2. The van der Waals surface area contributed by atoms with Gasteiger partial charge < -0.3 is 10.6 Å². The number of hydrogen-bond donors (Lipinski definition) is 2. The van der Waals surface area contributed by atoms with Crippen LogP contribution in [0.15, 0.2) is 85.1 Å². The van der Waals surface area contributed by atoms with Gasteiger partial charge in [0.2, 0.25) is 5.91 Å². The third kappa shape index (κ3) is 7.05. The van der Waals surface area contributed by atoms with Gasteiger partial charge in [0.05, 0.1) is 5.69 Å². The number of nitrogens with one attached hydrogen (secondary N) is 2. The van der Waals surface area contributed by atoms with E-state index in [1.54, 1.807) is 12.3 Å². The molecule has 1 aromatic heterocycles. The molecule has 2 aliphatic carbocycles. The molecular weight excluding hydrogens is 599 g/mol. The Morgan fingerprint density at radius 1 is 0.872 bits per heavy atom.